The Hall–Kier alpha value is -1.33. The van der Waals surface area contributed by atoms with E-state index in [1.54, 1.807) is 13.2 Å². The van der Waals surface area contributed by atoms with E-state index in [0.717, 1.165) is 29.7 Å². The third-order valence-electron chi connectivity index (χ3n) is 4.18. The molecule has 0 amide bonds. The minimum absolute atomic E-state index is 0.219. The maximum Gasteiger partial charge on any atom is 0.140 e. The summed E-state index contributed by atoms with van der Waals surface area (Å²) in [6, 6.07) is 5.65. The van der Waals surface area contributed by atoms with Crippen molar-refractivity contribution in [2.75, 3.05) is 7.11 Å². The normalized spacial score (nSPS) is 12.8. The number of benzene rings is 1. The number of rotatable bonds is 11. The first-order chi connectivity index (χ1) is 12.2. The second kappa shape index (κ2) is 13.0. The lowest BCUT2D eigenvalue weighted by molar-refractivity contribution is 0.211. The van der Waals surface area contributed by atoms with Crippen LogP contribution in [0.4, 0.5) is 0 Å². The topological polar surface area (TPSA) is 38.7 Å². The molecular formula is C21H31O3P. The van der Waals surface area contributed by atoms with E-state index >= 15 is 0 Å². The first-order valence-corrected chi connectivity index (χ1v) is 9.43. The molecule has 25 heavy (non-hydrogen) atoms. The Labute approximate surface area is 155 Å². The number of ether oxygens (including phenoxy) is 1. The lowest BCUT2D eigenvalue weighted by Crippen LogP contribution is -2.07. The fourth-order valence-electron chi connectivity index (χ4n) is 2.78. The van der Waals surface area contributed by atoms with Crippen LogP contribution < -0.4 is 4.74 Å². The number of methoxy groups -OCH3 is 1. The van der Waals surface area contributed by atoms with Crippen LogP contribution in [-0.2, 0) is 10.9 Å². The summed E-state index contributed by atoms with van der Waals surface area (Å²) in [6.45, 7) is 5.97. The molecule has 138 valence electrons. The zero-order chi connectivity index (χ0) is 18.5. The Morgan fingerprint density at radius 3 is 2.76 bits per heavy atom. The third kappa shape index (κ3) is 7.61. The van der Waals surface area contributed by atoms with Gasteiger partial charge in [-0.05, 0) is 30.9 Å². The maximum absolute atomic E-state index is 10.4. The number of hydrogen-bond donors (Lipinski definition) is 1. The van der Waals surface area contributed by atoms with Crippen molar-refractivity contribution in [2.45, 2.75) is 64.1 Å². The lowest BCUT2D eigenvalue weighted by Gasteiger charge is -2.14. The van der Waals surface area contributed by atoms with Crippen LogP contribution in [0, 0.1) is 11.8 Å². The molecule has 4 heteroatoms. The minimum Gasteiger partial charge on any atom is -0.496 e. The van der Waals surface area contributed by atoms with Crippen molar-refractivity contribution >= 4 is 9.47 Å². The summed E-state index contributed by atoms with van der Waals surface area (Å²) in [6.07, 6.45) is 8.11. The Kier molecular flexibility index (Phi) is 11.2. The summed E-state index contributed by atoms with van der Waals surface area (Å²) >= 11 is 0. The summed E-state index contributed by atoms with van der Waals surface area (Å²) in [5.74, 6) is 6.79. The highest BCUT2D eigenvalue weighted by Crippen LogP contribution is 2.27. The molecule has 0 heterocycles. The first kappa shape index (κ1) is 21.7. The molecule has 1 aromatic rings. The van der Waals surface area contributed by atoms with E-state index in [2.05, 4.69) is 34.8 Å². The van der Waals surface area contributed by atoms with Gasteiger partial charge in [0.15, 0.2) is 0 Å². The van der Waals surface area contributed by atoms with Gasteiger partial charge in [0.1, 0.15) is 11.9 Å². The van der Waals surface area contributed by atoms with E-state index in [1.807, 2.05) is 18.2 Å². The number of unbranched alkanes of at least 4 members (excludes halogenated alkanes) is 2. The zero-order valence-electron chi connectivity index (χ0n) is 15.5. The largest absolute Gasteiger partial charge is 0.496 e. The molecule has 0 bridgehead atoms. The van der Waals surface area contributed by atoms with Gasteiger partial charge in [-0.1, -0.05) is 50.3 Å². The summed E-state index contributed by atoms with van der Waals surface area (Å²) in [5, 5.41) is 10.4. The summed E-state index contributed by atoms with van der Waals surface area (Å²) in [4.78, 5) is 0. The summed E-state index contributed by atoms with van der Waals surface area (Å²) < 4.78 is 10.8. The van der Waals surface area contributed by atoms with Crippen LogP contribution in [0.1, 0.15) is 62.7 Å². The van der Waals surface area contributed by atoms with Crippen molar-refractivity contribution in [3.8, 4) is 17.6 Å². The second-order valence-electron chi connectivity index (χ2n) is 6.04. The Morgan fingerprint density at radius 2 is 2.12 bits per heavy atom. The highest BCUT2D eigenvalue weighted by molar-refractivity contribution is 7.09. The van der Waals surface area contributed by atoms with Crippen LogP contribution in [0.5, 0.6) is 5.75 Å². The number of allylic oxidation sites excluding steroid dienone is 1. The molecule has 1 aromatic carbocycles. The monoisotopic (exact) mass is 362 g/mol. The molecule has 0 aliphatic rings. The molecule has 3 nitrogen and oxygen atoms in total. The average Bonchev–Trinajstić information content (AvgIpc) is 2.64. The van der Waals surface area contributed by atoms with Gasteiger partial charge in [-0.3, -0.25) is 0 Å². The molecule has 1 N–H and O–H groups in total. The molecular weight excluding hydrogens is 331 g/mol. The van der Waals surface area contributed by atoms with Crippen molar-refractivity contribution in [2.24, 2.45) is 0 Å². The zero-order valence-corrected chi connectivity index (χ0v) is 16.6. The third-order valence-corrected chi connectivity index (χ3v) is 4.57. The van der Waals surface area contributed by atoms with Crippen molar-refractivity contribution in [3.05, 3.63) is 42.0 Å². The second-order valence-corrected chi connectivity index (χ2v) is 6.31. The quantitative estimate of drug-likeness (QED) is 0.261. The van der Waals surface area contributed by atoms with Gasteiger partial charge in [-0.2, -0.15) is 0 Å². The Balaban J connectivity index is 2.66. The molecule has 1 rings (SSSR count). The molecule has 0 saturated heterocycles. The van der Waals surface area contributed by atoms with Gasteiger partial charge in [-0.15, -0.1) is 12.5 Å². The predicted octanol–water partition coefficient (Wildman–Crippen LogP) is 5.00. The van der Waals surface area contributed by atoms with Gasteiger partial charge < -0.3 is 14.4 Å². The molecule has 0 spiro atoms. The molecule has 0 saturated carbocycles. The fourth-order valence-corrected chi connectivity index (χ4v) is 3.05. The Bertz CT molecular complexity index is 574. The van der Waals surface area contributed by atoms with E-state index in [1.165, 1.54) is 19.3 Å². The van der Waals surface area contributed by atoms with Gasteiger partial charge in [-0.25, -0.2) is 0 Å². The summed E-state index contributed by atoms with van der Waals surface area (Å²) in [5.41, 5.74) is 1.72. The molecule has 0 fully saturated rings. The van der Waals surface area contributed by atoms with E-state index < -0.39 is 6.10 Å². The van der Waals surface area contributed by atoms with Crippen LogP contribution in [0.15, 0.2) is 30.9 Å². The van der Waals surface area contributed by atoms with Crippen LogP contribution in [-0.4, -0.2) is 18.3 Å². The highest BCUT2D eigenvalue weighted by atomic mass is 31.0. The smallest absolute Gasteiger partial charge is 0.140 e. The van der Waals surface area contributed by atoms with Crippen LogP contribution in [0.3, 0.4) is 0 Å². The molecule has 0 aliphatic carbocycles. The van der Waals surface area contributed by atoms with Gasteiger partial charge in [0.25, 0.3) is 0 Å². The SMILES string of the molecule is C=CCc1c(OC)cccc1C(O)C#CCC[C@H](CCCCC)OP. The van der Waals surface area contributed by atoms with Gasteiger partial charge >= 0.3 is 0 Å². The predicted molar refractivity (Wildman–Crippen MR) is 108 cm³/mol. The van der Waals surface area contributed by atoms with Crippen molar-refractivity contribution in [1.82, 2.24) is 0 Å². The lowest BCUT2D eigenvalue weighted by atomic mass is 9.98. The van der Waals surface area contributed by atoms with E-state index in [0.29, 0.717) is 12.8 Å². The molecule has 0 aliphatic heterocycles. The Morgan fingerprint density at radius 1 is 1.32 bits per heavy atom. The van der Waals surface area contributed by atoms with Gasteiger partial charge in [0, 0.05) is 21.5 Å². The van der Waals surface area contributed by atoms with Crippen molar-refractivity contribution in [1.29, 1.82) is 0 Å². The van der Waals surface area contributed by atoms with E-state index in [9.17, 15) is 5.11 Å². The molecule has 0 radical (unpaired) electrons. The minimum atomic E-state index is -0.819. The molecule has 0 aromatic heterocycles. The summed E-state index contributed by atoms with van der Waals surface area (Å²) in [7, 11) is 3.99. The standard InChI is InChI=1S/C21H31O3P/c1-4-6-7-12-17(24-25)13-8-9-15-20(22)18-14-10-16-21(23-3)19(18)11-5-2/h5,10,14,16-17,20,22H,2,4,6-8,11-13,25H2,1,3H3/t17-,20?/m0/s1. The van der Waals surface area contributed by atoms with Gasteiger partial charge in [0.2, 0.25) is 0 Å². The van der Waals surface area contributed by atoms with E-state index in [-0.39, 0.29) is 6.10 Å². The molecule has 3 atom stereocenters. The van der Waals surface area contributed by atoms with Crippen LogP contribution in [0.25, 0.3) is 0 Å². The molecule has 2 unspecified atom stereocenters. The van der Waals surface area contributed by atoms with Crippen LogP contribution >= 0.6 is 9.47 Å². The maximum atomic E-state index is 10.4. The number of aliphatic hydroxyl groups excluding tert-OH is 1. The number of hydrogen-bond acceptors (Lipinski definition) is 3. The number of aliphatic hydroxyl groups is 1. The van der Waals surface area contributed by atoms with E-state index in [4.69, 9.17) is 9.26 Å². The fraction of sp³-hybridized carbons (Fsp3) is 0.524. The van der Waals surface area contributed by atoms with Crippen molar-refractivity contribution in [3.63, 3.8) is 0 Å². The van der Waals surface area contributed by atoms with Crippen LogP contribution in [0.2, 0.25) is 0 Å². The van der Waals surface area contributed by atoms with Gasteiger partial charge in [0.05, 0.1) is 13.2 Å². The first-order valence-electron chi connectivity index (χ1n) is 8.96. The average molecular weight is 362 g/mol. The van der Waals surface area contributed by atoms with Crippen molar-refractivity contribution < 1.29 is 14.4 Å². The highest BCUT2D eigenvalue weighted by Gasteiger charge is 2.13.